The minimum atomic E-state index is -0.998. The van der Waals surface area contributed by atoms with Gasteiger partial charge in [0, 0.05) is 19.5 Å². The highest BCUT2D eigenvalue weighted by Gasteiger charge is 2.32. The average Bonchev–Trinajstić information content (AvgIpc) is 2.14. The van der Waals surface area contributed by atoms with Crippen molar-refractivity contribution in [2.45, 2.75) is 47.1 Å². The van der Waals surface area contributed by atoms with Gasteiger partial charge in [-0.3, -0.25) is 9.59 Å². The van der Waals surface area contributed by atoms with Crippen LogP contribution in [-0.2, 0) is 9.59 Å². The lowest BCUT2D eigenvalue weighted by atomic mass is 9.88. The second-order valence-corrected chi connectivity index (χ2v) is 5.36. The van der Waals surface area contributed by atoms with Crippen molar-refractivity contribution in [3.8, 4) is 0 Å². The normalized spacial score (nSPS) is 13.7. The van der Waals surface area contributed by atoms with Gasteiger partial charge in [-0.15, -0.1) is 0 Å². The van der Waals surface area contributed by atoms with E-state index in [9.17, 15) is 9.59 Å². The van der Waals surface area contributed by atoms with E-state index in [1.54, 1.807) is 25.8 Å². The maximum absolute atomic E-state index is 11.9. The summed E-state index contributed by atoms with van der Waals surface area (Å²) in [6.07, 6.45) is 0.0376. The zero-order valence-electron chi connectivity index (χ0n) is 11.1. The molecule has 0 spiro atoms. The summed E-state index contributed by atoms with van der Waals surface area (Å²) in [5.41, 5.74) is -0.998. The van der Waals surface area contributed by atoms with Crippen LogP contribution in [0.1, 0.15) is 41.0 Å². The molecule has 0 bridgehead atoms. The van der Waals surface area contributed by atoms with Crippen LogP contribution in [0.25, 0.3) is 0 Å². The van der Waals surface area contributed by atoms with Crippen molar-refractivity contribution < 1.29 is 14.7 Å². The quantitative estimate of drug-likeness (QED) is 0.784. The monoisotopic (exact) mass is 229 g/mol. The van der Waals surface area contributed by atoms with Crippen molar-refractivity contribution in [2.75, 3.05) is 7.05 Å². The largest absolute Gasteiger partial charge is 0.481 e. The lowest BCUT2D eigenvalue weighted by Crippen LogP contribution is -2.41. The molecule has 1 N–H and O–H groups in total. The Balaban J connectivity index is 4.54. The lowest BCUT2D eigenvalue weighted by molar-refractivity contribution is -0.151. The molecule has 0 heterocycles. The molecule has 0 aliphatic heterocycles. The summed E-state index contributed by atoms with van der Waals surface area (Å²) < 4.78 is 0. The predicted molar refractivity (Wildman–Crippen MR) is 63.1 cm³/mol. The molecule has 0 aliphatic rings. The molecule has 1 amide bonds. The molecule has 4 heteroatoms. The maximum atomic E-state index is 11.9. The van der Waals surface area contributed by atoms with E-state index in [-0.39, 0.29) is 18.4 Å². The van der Waals surface area contributed by atoms with Gasteiger partial charge >= 0.3 is 5.97 Å². The first-order chi connectivity index (χ1) is 7.09. The molecule has 0 aliphatic carbocycles. The maximum Gasteiger partial charge on any atom is 0.309 e. The first kappa shape index (κ1) is 14.9. The summed E-state index contributed by atoms with van der Waals surface area (Å²) in [5, 5.41) is 8.95. The standard InChI is InChI=1S/C12H23NO3/c1-8(2)9(3)13(6)10(14)7-12(4,5)11(15)16/h8-9H,7H2,1-6H3,(H,15,16). The number of rotatable bonds is 5. The predicted octanol–water partition coefficient (Wildman–Crippen LogP) is 1.99. The van der Waals surface area contributed by atoms with E-state index >= 15 is 0 Å². The van der Waals surface area contributed by atoms with Gasteiger partial charge in [0.25, 0.3) is 0 Å². The van der Waals surface area contributed by atoms with Crippen LogP contribution in [0, 0.1) is 11.3 Å². The molecular formula is C12H23NO3. The van der Waals surface area contributed by atoms with Crippen molar-refractivity contribution in [1.82, 2.24) is 4.90 Å². The molecule has 94 valence electrons. The molecule has 0 saturated heterocycles. The van der Waals surface area contributed by atoms with Gasteiger partial charge in [-0.1, -0.05) is 13.8 Å². The molecule has 0 saturated carbocycles. The number of carboxylic acid groups (broad SMARTS) is 1. The molecule has 0 aromatic carbocycles. The second kappa shape index (κ2) is 5.32. The van der Waals surface area contributed by atoms with Gasteiger partial charge < -0.3 is 10.0 Å². The highest BCUT2D eigenvalue weighted by Crippen LogP contribution is 2.22. The Morgan fingerprint density at radius 1 is 1.25 bits per heavy atom. The highest BCUT2D eigenvalue weighted by atomic mass is 16.4. The SMILES string of the molecule is CC(C)C(C)N(C)C(=O)CC(C)(C)C(=O)O. The Kier molecular flexibility index (Phi) is 4.97. The van der Waals surface area contributed by atoms with Gasteiger partial charge in [-0.25, -0.2) is 0 Å². The fourth-order valence-electron chi connectivity index (χ4n) is 1.25. The highest BCUT2D eigenvalue weighted by molar-refractivity contribution is 5.84. The zero-order valence-corrected chi connectivity index (χ0v) is 11.1. The molecule has 0 radical (unpaired) electrons. The van der Waals surface area contributed by atoms with Crippen molar-refractivity contribution in [3.63, 3.8) is 0 Å². The van der Waals surface area contributed by atoms with Crippen LogP contribution in [0.4, 0.5) is 0 Å². The molecule has 0 aromatic heterocycles. The van der Waals surface area contributed by atoms with Crippen molar-refractivity contribution in [1.29, 1.82) is 0 Å². The molecule has 1 atom stereocenters. The van der Waals surface area contributed by atoms with Crippen LogP contribution < -0.4 is 0 Å². The first-order valence-electron chi connectivity index (χ1n) is 5.58. The van der Waals surface area contributed by atoms with E-state index in [0.717, 1.165) is 0 Å². The van der Waals surface area contributed by atoms with Crippen molar-refractivity contribution in [2.24, 2.45) is 11.3 Å². The molecule has 1 unspecified atom stereocenters. The number of carbonyl (C=O) groups excluding carboxylic acids is 1. The van der Waals surface area contributed by atoms with Crippen LogP contribution in [0.3, 0.4) is 0 Å². The zero-order chi connectivity index (χ0) is 13.1. The topological polar surface area (TPSA) is 57.6 Å². The average molecular weight is 229 g/mol. The third-order valence-electron chi connectivity index (χ3n) is 3.14. The number of nitrogens with zero attached hydrogens (tertiary/aromatic N) is 1. The summed E-state index contributed by atoms with van der Waals surface area (Å²) in [7, 11) is 1.73. The minimum absolute atomic E-state index is 0.0376. The number of hydrogen-bond acceptors (Lipinski definition) is 2. The molecule has 0 aromatic rings. The van der Waals surface area contributed by atoms with Crippen molar-refractivity contribution in [3.05, 3.63) is 0 Å². The molecule has 0 rings (SSSR count). The Hall–Kier alpha value is -1.06. The van der Waals surface area contributed by atoms with E-state index in [4.69, 9.17) is 5.11 Å². The third kappa shape index (κ3) is 3.83. The summed E-state index contributed by atoms with van der Waals surface area (Å²) in [4.78, 5) is 24.4. The molecule has 0 fully saturated rings. The number of aliphatic carboxylic acids is 1. The third-order valence-corrected chi connectivity index (χ3v) is 3.14. The van der Waals surface area contributed by atoms with Gasteiger partial charge in [0.1, 0.15) is 0 Å². The van der Waals surface area contributed by atoms with Crippen LogP contribution in [0.15, 0.2) is 0 Å². The number of carboxylic acids is 1. The Morgan fingerprint density at radius 3 is 2.00 bits per heavy atom. The van der Waals surface area contributed by atoms with E-state index in [2.05, 4.69) is 0 Å². The number of carbonyl (C=O) groups is 2. The van der Waals surface area contributed by atoms with E-state index < -0.39 is 11.4 Å². The summed E-state index contributed by atoms with van der Waals surface area (Å²) in [6, 6.07) is 0.122. The molecule has 16 heavy (non-hydrogen) atoms. The Bertz CT molecular complexity index is 271. The Morgan fingerprint density at radius 2 is 1.69 bits per heavy atom. The lowest BCUT2D eigenvalue weighted by Gasteiger charge is -2.30. The number of amides is 1. The van der Waals surface area contributed by atoms with E-state index in [0.29, 0.717) is 5.92 Å². The molecular weight excluding hydrogens is 206 g/mol. The molecule has 4 nitrogen and oxygen atoms in total. The fourth-order valence-corrected chi connectivity index (χ4v) is 1.25. The Labute approximate surface area is 97.6 Å². The van der Waals surface area contributed by atoms with Crippen LogP contribution in [0.5, 0.6) is 0 Å². The minimum Gasteiger partial charge on any atom is -0.481 e. The van der Waals surface area contributed by atoms with E-state index in [1.807, 2.05) is 20.8 Å². The van der Waals surface area contributed by atoms with Crippen LogP contribution in [-0.4, -0.2) is 35.0 Å². The van der Waals surface area contributed by atoms with Crippen molar-refractivity contribution >= 4 is 11.9 Å². The van der Waals surface area contributed by atoms with E-state index in [1.165, 1.54) is 0 Å². The smallest absolute Gasteiger partial charge is 0.309 e. The van der Waals surface area contributed by atoms with Gasteiger partial charge in [0.05, 0.1) is 5.41 Å². The fraction of sp³-hybridized carbons (Fsp3) is 0.833. The number of hydrogen-bond donors (Lipinski definition) is 1. The summed E-state index contributed by atoms with van der Waals surface area (Å²) in [6.45, 7) is 9.19. The van der Waals surface area contributed by atoms with Gasteiger partial charge in [0.2, 0.25) is 5.91 Å². The first-order valence-corrected chi connectivity index (χ1v) is 5.58. The van der Waals surface area contributed by atoms with Crippen LogP contribution in [0.2, 0.25) is 0 Å². The van der Waals surface area contributed by atoms with Gasteiger partial charge in [0.15, 0.2) is 0 Å². The second-order valence-electron chi connectivity index (χ2n) is 5.36. The van der Waals surface area contributed by atoms with Crippen LogP contribution >= 0.6 is 0 Å². The van der Waals surface area contributed by atoms with Gasteiger partial charge in [-0.2, -0.15) is 0 Å². The van der Waals surface area contributed by atoms with Gasteiger partial charge in [-0.05, 0) is 26.7 Å². The summed E-state index contributed by atoms with van der Waals surface area (Å²) >= 11 is 0. The summed E-state index contributed by atoms with van der Waals surface area (Å²) in [5.74, 6) is -0.693.